The fraction of sp³-hybridized carbons (Fsp3) is 0.700. The summed E-state index contributed by atoms with van der Waals surface area (Å²) >= 11 is 0. The van der Waals surface area contributed by atoms with Gasteiger partial charge in [0.15, 0.2) is 5.69 Å². The van der Waals surface area contributed by atoms with Crippen molar-refractivity contribution in [1.82, 2.24) is 5.16 Å². The number of hydrogen-bond donors (Lipinski definition) is 0. The highest BCUT2D eigenvalue weighted by atomic mass is 16.6. The largest absolute Gasteiger partial charge is 0.353 e. The summed E-state index contributed by atoms with van der Waals surface area (Å²) < 4.78 is 5.09. The number of aromatic nitrogens is 1. The molecule has 5 nitrogen and oxygen atoms in total. The average molecular weight is 212 g/mol. The molecular formula is C10H16N2O3. The molecule has 0 amide bonds. The molecular weight excluding hydrogens is 196 g/mol. The molecule has 0 bridgehead atoms. The van der Waals surface area contributed by atoms with Crippen LogP contribution in [0.1, 0.15) is 52.0 Å². The Kier molecular flexibility index (Phi) is 2.83. The smallest absolute Gasteiger partial charge is 0.335 e. The maximum atomic E-state index is 11.0. The van der Waals surface area contributed by atoms with Crippen LogP contribution in [0.3, 0.4) is 0 Å². The second-order valence-corrected chi connectivity index (χ2v) is 4.91. The van der Waals surface area contributed by atoms with Gasteiger partial charge in [0.1, 0.15) is 0 Å². The lowest BCUT2D eigenvalue weighted by Gasteiger charge is -2.12. The number of rotatable bonds is 2. The third-order valence-electron chi connectivity index (χ3n) is 2.10. The van der Waals surface area contributed by atoms with E-state index in [0.29, 0.717) is 11.5 Å². The van der Waals surface area contributed by atoms with Gasteiger partial charge in [-0.1, -0.05) is 39.8 Å². The molecule has 1 aromatic rings. The Morgan fingerprint density at radius 2 is 1.93 bits per heavy atom. The molecule has 0 N–H and O–H groups in total. The third-order valence-corrected chi connectivity index (χ3v) is 2.10. The fourth-order valence-corrected chi connectivity index (χ4v) is 1.35. The number of nitrogens with zero attached hydrogens (tertiary/aromatic N) is 2. The lowest BCUT2D eigenvalue weighted by Crippen LogP contribution is -2.12. The van der Waals surface area contributed by atoms with Gasteiger partial charge in [-0.15, -0.1) is 0 Å². The average Bonchev–Trinajstić information content (AvgIpc) is 2.45. The summed E-state index contributed by atoms with van der Waals surface area (Å²) in [5.41, 5.74) is 0.0464. The van der Waals surface area contributed by atoms with Crippen molar-refractivity contribution < 1.29 is 9.45 Å². The highest BCUT2D eigenvalue weighted by Crippen LogP contribution is 2.36. The summed E-state index contributed by atoms with van der Waals surface area (Å²) in [4.78, 5) is 10.6. The van der Waals surface area contributed by atoms with Crippen LogP contribution in [0.5, 0.6) is 0 Å². The van der Waals surface area contributed by atoms with Crippen LogP contribution in [-0.2, 0) is 5.41 Å². The SMILES string of the molecule is CC(C)c1noc(C(C)(C)C)c1[N+](=O)[O-]. The molecule has 0 aliphatic heterocycles. The molecule has 0 atom stereocenters. The fourth-order valence-electron chi connectivity index (χ4n) is 1.35. The Labute approximate surface area is 88.6 Å². The van der Waals surface area contributed by atoms with Crippen molar-refractivity contribution in [2.75, 3.05) is 0 Å². The molecule has 0 saturated carbocycles. The van der Waals surface area contributed by atoms with Crippen molar-refractivity contribution in [1.29, 1.82) is 0 Å². The molecule has 0 aliphatic rings. The molecule has 0 fully saturated rings. The van der Waals surface area contributed by atoms with Crippen LogP contribution in [0.4, 0.5) is 5.69 Å². The standard InChI is InChI=1S/C10H16N2O3/c1-6(2)7-8(12(13)14)9(15-11-7)10(3,4)5/h6H,1-5H3. The van der Waals surface area contributed by atoms with E-state index in [0.717, 1.165) is 0 Å². The third kappa shape index (κ3) is 2.16. The zero-order chi connectivity index (χ0) is 11.8. The van der Waals surface area contributed by atoms with Gasteiger partial charge >= 0.3 is 5.69 Å². The quantitative estimate of drug-likeness (QED) is 0.558. The van der Waals surface area contributed by atoms with Gasteiger partial charge in [-0.25, -0.2) is 0 Å². The minimum atomic E-state index is -0.410. The maximum Gasteiger partial charge on any atom is 0.335 e. The monoisotopic (exact) mass is 212 g/mol. The summed E-state index contributed by atoms with van der Waals surface area (Å²) in [6, 6.07) is 0. The van der Waals surface area contributed by atoms with Crippen LogP contribution in [0.25, 0.3) is 0 Å². The molecule has 0 saturated heterocycles. The number of hydrogen-bond acceptors (Lipinski definition) is 4. The molecule has 1 aromatic heterocycles. The molecule has 0 spiro atoms. The van der Waals surface area contributed by atoms with Crippen LogP contribution in [-0.4, -0.2) is 10.1 Å². The molecule has 0 unspecified atom stereocenters. The molecule has 1 rings (SSSR count). The van der Waals surface area contributed by atoms with Crippen molar-refractivity contribution in [2.45, 2.75) is 46.0 Å². The molecule has 0 aliphatic carbocycles. The molecule has 15 heavy (non-hydrogen) atoms. The van der Waals surface area contributed by atoms with Gasteiger partial charge < -0.3 is 4.52 Å². The first-order valence-corrected chi connectivity index (χ1v) is 4.89. The minimum Gasteiger partial charge on any atom is -0.353 e. The van der Waals surface area contributed by atoms with Gasteiger partial charge in [-0.3, -0.25) is 10.1 Å². The van der Waals surface area contributed by atoms with Crippen LogP contribution in [0.15, 0.2) is 4.52 Å². The van der Waals surface area contributed by atoms with Gasteiger partial charge in [0.2, 0.25) is 5.76 Å². The lowest BCUT2D eigenvalue weighted by atomic mass is 9.91. The zero-order valence-corrected chi connectivity index (χ0v) is 9.70. The second-order valence-electron chi connectivity index (χ2n) is 4.91. The van der Waals surface area contributed by atoms with E-state index < -0.39 is 10.3 Å². The summed E-state index contributed by atoms with van der Waals surface area (Å²) in [7, 11) is 0. The molecule has 84 valence electrons. The summed E-state index contributed by atoms with van der Waals surface area (Å²) in [5.74, 6) is 0.335. The first-order valence-electron chi connectivity index (χ1n) is 4.89. The normalized spacial score (nSPS) is 12.1. The van der Waals surface area contributed by atoms with Gasteiger partial charge in [0.05, 0.1) is 4.92 Å². The highest BCUT2D eigenvalue weighted by molar-refractivity contribution is 5.43. The van der Waals surface area contributed by atoms with E-state index in [1.165, 1.54) is 0 Å². The van der Waals surface area contributed by atoms with E-state index in [-0.39, 0.29) is 11.6 Å². The Morgan fingerprint density at radius 1 is 1.40 bits per heavy atom. The zero-order valence-electron chi connectivity index (χ0n) is 9.70. The molecule has 1 heterocycles. The van der Waals surface area contributed by atoms with Crippen LogP contribution in [0, 0.1) is 10.1 Å². The Bertz CT molecular complexity index is 375. The van der Waals surface area contributed by atoms with Crippen LogP contribution >= 0.6 is 0 Å². The Morgan fingerprint density at radius 3 is 2.27 bits per heavy atom. The molecule has 0 aromatic carbocycles. The lowest BCUT2D eigenvalue weighted by molar-refractivity contribution is -0.387. The Hall–Kier alpha value is -1.39. The maximum absolute atomic E-state index is 11.0. The van der Waals surface area contributed by atoms with Crippen molar-refractivity contribution in [3.05, 3.63) is 21.6 Å². The number of nitro groups is 1. The van der Waals surface area contributed by atoms with Crippen molar-refractivity contribution in [2.24, 2.45) is 0 Å². The first kappa shape index (κ1) is 11.7. The summed E-state index contributed by atoms with van der Waals surface area (Å²) in [5, 5.41) is 14.7. The van der Waals surface area contributed by atoms with E-state index in [4.69, 9.17) is 4.52 Å². The van der Waals surface area contributed by atoms with E-state index in [9.17, 15) is 10.1 Å². The van der Waals surface area contributed by atoms with E-state index in [2.05, 4.69) is 5.16 Å². The van der Waals surface area contributed by atoms with Gasteiger partial charge in [0, 0.05) is 11.3 Å². The predicted octanol–water partition coefficient (Wildman–Crippen LogP) is 3.00. The minimum absolute atomic E-state index is 0.00903. The van der Waals surface area contributed by atoms with Gasteiger partial charge in [0.25, 0.3) is 0 Å². The van der Waals surface area contributed by atoms with Gasteiger partial charge in [-0.2, -0.15) is 0 Å². The molecule has 0 radical (unpaired) electrons. The van der Waals surface area contributed by atoms with Gasteiger partial charge in [-0.05, 0) is 0 Å². The van der Waals surface area contributed by atoms with E-state index in [1.807, 2.05) is 34.6 Å². The predicted molar refractivity (Wildman–Crippen MR) is 55.9 cm³/mol. The van der Waals surface area contributed by atoms with Crippen molar-refractivity contribution >= 4 is 5.69 Å². The van der Waals surface area contributed by atoms with Crippen LogP contribution < -0.4 is 0 Å². The summed E-state index contributed by atoms with van der Waals surface area (Å²) in [6.07, 6.45) is 0. The second kappa shape index (κ2) is 3.64. The first-order chi connectivity index (χ1) is 6.75. The van der Waals surface area contributed by atoms with E-state index in [1.54, 1.807) is 0 Å². The topological polar surface area (TPSA) is 69.2 Å². The van der Waals surface area contributed by atoms with E-state index >= 15 is 0 Å². The Balaban J connectivity index is 3.37. The summed E-state index contributed by atoms with van der Waals surface area (Å²) in [6.45, 7) is 9.31. The highest BCUT2D eigenvalue weighted by Gasteiger charge is 2.35. The van der Waals surface area contributed by atoms with Crippen LogP contribution in [0.2, 0.25) is 0 Å². The molecule has 5 heteroatoms. The van der Waals surface area contributed by atoms with Crippen molar-refractivity contribution in [3.8, 4) is 0 Å². The van der Waals surface area contributed by atoms with Crippen molar-refractivity contribution in [3.63, 3.8) is 0 Å².